The molecular formula is C14H26N2O3. The van der Waals surface area contributed by atoms with Gasteiger partial charge in [-0.15, -0.1) is 0 Å². The van der Waals surface area contributed by atoms with Crippen molar-refractivity contribution in [1.29, 1.82) is 0 Å². The monoisotopic (exact) mass is 270 g/mol. The van der Waals surface area contributed by atoms with E-state index >= 15 is 0 Å². The molecule has 0 unspecified atom stereocenters. The number of carbonyl (C=O) groups is 1. The predicted octanol–water partition coefficient (Wildman–Crippen LogP) is 0.227. The van der Waals surface area contributed by atoms with Crippen LogP contribution in [0.4, 0.5) is 0 Å². The first-order chi connectivity index (χ1) is 8.93. The molecule has 1 amide bonds. The van der Waals surface area contributed by atoms with E-state index in [0.29, 0.717) is 13.0 Å². The normalized spacial score (nSPS) is 28.6. The van der Waals surface area contributed by atoms with Gasteiger partial charge in [0, 0.05) is 19.7 Å². The number of carbonyl (C=O) groups excluding carboxylic acids is 1. The molecular weight excluding hydrogens is 244 g/mol. The van der Waals surface area contributed by atoms with Crippen molar-refractivity contribution in [2.75, 3.05) is 27.7 Å². The Bertz CT molecular complexity index is 318. The molecule has 0 aromatic carbocycles. The highest BCUT2D eigenvalue weighted by molar-refractivity contribution is 5.87. The van der Waals surface area contributed by atoms with E-state index in [9.17, 15) is 15.0 Å². The Morgan fingerprint density at radius 3 is 2.47 bits per heavy atom. The summed E-state index contributed by atoms with van der Waals surface area (Å²) >= 11 is 0. The molecule has 0 aromatic heterocycles. The maximum absolute atomic E-state index is 12.0. The second-order valence-corrected chi connectivity index (χ2v) is 5.52. The smallest absolute Gasteiger partial charge is 0.246 e. The van der Waals surface area contributed by atoms with Crippen molar-refractivity contribution in [1.82, 2.24) is 9.80 Å². The largest absolute Gasteiger partial charge is 0.390 e. The lowest BCUT2D eigenvalue weighted by atomic mass is 10.0. The molecule has 1 aliphatic rings. The van der Waals surface area contributed by atoms with Gasteiger partial charge in [0.1, 0.15) is 6.10 Å². The van der Waals surface area contributed by atoms with E-state index in [1.165, 1.54) is 6.08 Å². The van der Waals surface area contributed by atoms with E-state index in [1.54, 1.807) is 18.0 Å². The molecule has 0 heterocycles. The molecule has 5 heteroatoms. The molecule has 0 radical (unpaired) electrons. The van der Waals surface area contributed by atoms with E-state index in [2.05, 4.69) is 0 Å². The Balaban J connectivity index is 2.61. The van der Waals surface area contributed by atoms with E-state index in [4.69, 9.17) is 0 Å². The van der Waals surface area contributed by atoms with Crippen LogP contribution in [0.3, 0.4) is 0 Å². The maximum atomic E-state index is 12.0. The van der Waals surface area contributed by atoms with Crippen LogP contribution in [0.2, 0.25) is 0 Å². The molecule has 3 atom stereocenters. The Kier molecular flexibility index (Phi) is 6.48. The van der Waals surface area contributed by atoms with Gasteiger partial charge < -0.3 is 20.0 Å². The highest BCUT2D eigenvalue weighted by Crippen LogP contribution is 2.22. The third-order valence-corrected chi connectivity index (χ3v) is 3.61. The van der Waals surface area contributed by atoms with Crippen molar-refractivity contribution in [3.63, 3.8) is 0 Å². The van der Waals surface area contributed by atoms with Crippen LogP contribution in [0.25, 0.3) is 0 Å². The van der Waals surface area contributed by atoms with Crippen molar-refractivity contribution in [2.24, 2.45) is 0 Å². The zero-order chi connectivity index (χ0) is 14.4. The first-order valence-corrected chi connectivity index (χ1v) is 6.87. The summed E-state index contributed by atoms with van der Waals surface area (Å²) in [7, 11) is 5.56. The van der Waals surface area contributed by atoms with E-state index < -0.39 is 12.2 Å². The van der Waals surface area contributed by atoms with E-state index in [-0.39, 0.29) is 11.9 Å². The van der Waals surface area contributed by atoms with Gasteiger partial charge in [0.05, 0.1) is 12.1 Å². The van der Waals surface area contributed by atoms with Crippen molar-refractivity contribution in [3.05, 3.63) is 12.2 Å². The minimum absolute atomic E-state index is 0.125. The molecule has 19 heavy (non-hydrogen) atoms. The molecule has 0 spiro atoms. The summed E-state index contributed by atoms with van der Waals surface area (Å²) in [6.07, 6.45) is 4.93. The lowest BCUT2D eigenvalue weighted by molar-refractivity contribution is -0.131. The van der Waals surface area contributed by atoms with Gasteiger partial charge in [-0.1, -0.05) is 18.9 Å². The summed E-state index contributed by atoms with van der Waals surface area (Å²) in [5.41, 5.74) is 0. The van der Waals surface area contributed by atoms with Crippen LogP contribution in [0.15, 0.2) is 12.2 Å². The molecule has 0 bridgehead atoms. The van der Waals surface area contributed by atoms with Gasteiger partial charge in [0.25, 0.3) is 0 Å². The molecule has 1 saturated carbocycles. The van der Waals surface area contributed by atoms with Gasteiger partial charge in [-0.2, -0.15) is 0 Å². The molecule has 1 aliphatic carbocycles. The quantitative estimate of drug-likeness (QED) is 0.567. The summed E-state index contributed by atoms with van der Waals surface area (Å²) in [4.78, 5) is 15.5. The van der Waals surface area contributed by atoms with Gasteiger partial charge in [-0.25, -0.2) is 0 Å². The number of hydrogen-bond donors (Lipinski definition) is 2. The number of amides is 1. The first-order valence-electron chi connectivity index (χ1n) is 6.87. The lowest BCUT2D eigenvalue weighted by Gasteiger charge is -2.31. The van der Waals surface area contributed by atoms with Crippen LogP contribution in [-0.2, 0) is 4.79 Å². The summed E-state index contributed by atoms with van der Waals surface area (Å²) in [6.45, 7) is 0.704. The number of aliphatic hydroxyl groups is 2. The van der Waals surface area contributed by atoms with Crippen molar-refractivity contribution in [2.45, 2.75) is 43.9 Å². The number of aliphatic hydroxyl groups excluding tert-OH is 2. The van der Waals surface area contributed by atoms with Crippen molar-refractivity contribution < 1.29 is 15.0 Å². The van der Waals surface area contributed by atoms with Crippen LogP contribution in [0.5, 0.6) is 0 Å². The van der Waals surface area contributed by atoms with Gasteiger partial charge >= 0.3 is 0 Å². The van der Waals surface area contributed by atoms with Crippen LogP contribution < -0.4 is 0 Å². The van der Waals surface area contributed by atoms with Gasteiger partial charge in [-0.3, -0.25) is 4.79 Å². The van der Waals surface area contributed by atoms with Crippen molar-refractivity contribution >= 4 is 5.91 Å². The van der Waals surface area contributed by atoms with Crippen LogP contribution in [0, 0.1) is 0 Å². The highest BCUT2D eigenvalue weighted by Gasteiger charge is 2.32. The first kappa shape index (κ1) is 16.1. The molecule has 0 aromatic rings. The van der Waals surface area contributed by atoms with E-state index in [0.717, 1.165) is 19.3 Å². The topological polar surface area (TPSA) is 64.0 Å². The molecule has 5 nitrogen and oxygen atoms in total. The second kappa shape index (κ2) is 7.62. The van der Waals surface area contributed by atoms with Gasteiger partial charge in [0.2, 0.25) is 5.91 Å². The average Bonchev–Trinajstić information content (AvgIpc) is 2.51. The molecule has 1 rings (SSSR count). The van der Waals surface area contributed by atoms with Crippen LogP contribution in [-0.4, -0.2) is 71.9 Å². The zero-order valence-corrected chi connectivity index (χ0v) is 12.1. The SMILES string of the molecule is CN(C)CC=CC(=O)N(C)[C@@H]1CCCC[C@@H](O)[C@@H]1O. The average molecular weight is 270 g/mol. The van der Waals surface area contributed by atoms with Crippen LogP contribution in [0.1, 0.15) is 25.7 Å². The highest BCUT2D eigenvalue weighted by atomic mass is 16.3. The minimum atomic E-state index is -0.848. The summed E-state index contributed by atoms with van der Waals surface area (Å²) in [6, 6.07) is -0.297. The minimum Gasteiger partial charge on any atom is -0.390 e. The fraction of sp³-hybridized carbons (Fsp3) is 0.786. The zero-order valence-electron chi connectivity index (χ0n) is 12.1. The third kappa shape index (κ3) is 4.93. The lowest BCUT2D eigenvalue weighted by Crippen LogP contribution is -2.48. The summed E-state index contributed by atoms with van der Waals surface area (Å²) in [5, 5.41) is 19.9. The Hall–Kier alpha value is -0.910. The number of likely N-dealkylation sites (N-methyl/N-ethyl adjacent to an activating group) is 2. The fourth-order valence-electron chi connectivity index (χ4n) is 2.37. The second-order valence-electron chi connectivity index (χ2n) is 5.52. The van der Waals surface area contributed by atoms with Gasteiger partial charge in [-0.05, 0) is 26.9 Å². The Labute approximate surface area is 115 Å². The summed E-state index contributed by atoms with van der Waals surface area (Å²) in [5.74, 6) is -0.125. The molecule has 0 saturated heterocycles. The molecule has 1 fully saturated rings. The van der Waals surface area contributed by atoms with Gasteiger partial charge in [0.15, 0.2) is 0 Å². The third-order valence-electron chi connectivity index (χ3n) is 3.61. The predicted molar refractivity (Wildman–Crippen MR) is 74.7 cm³/mol. The maximum Gasteiger partial charge on any atom is 0.246 e. The standard InChI is InChI=1S/C14H26N2O3/c1-15(2)10-6-9-13(18)16(3)11-7-4-5-8-12(17)14(11)19/h6,9,11-12,14,17,19H,4-5,7-8,10H2,1-3H3/t11-,12-,14-/m1/s1. The fourth-order valence-corrected chi connectivity index (χ4v) is 2.37. The van der Waals surface area contributed by atoms with Crippen molar-refractivity contribution in [3.8, 4) is 0 Å². The number of nitrogens with zero attached hydrogens (tertiary/aromatic N) is 2. The van der Waals surface area contributed by atoms with Crippen LogP contribution >= 0.6 is 0 Å². The number of hydrogen-bond acceptors (Lipinski definition) is 4. The number of rotatable bonds is 4. The Morgan fingerprint density at radius 1 is 1.21 bits per heavy atom. The molecule has 2 N–H and O–H groups in total. The Morgan fingerprint density at radius 2 is 1.84 bits per heavy atom. The van der Waals surface area contributed by atoms with E-state index in [1.807, 2.05) is 19.0 Å². The molecule has 0 aliphatic heterocycles. The molecule has 110 valence electrons. The summed E-state index contributed by atoms with van der Waals surface area (Å²) < 4.78 is 0.